The van der Waals surface area contributed by atoms with Crippen molar-refractivity contribution in [2.45, 2.75) is 46.2 Å². The third-order valence-electron chi connectivity index (χ3n) is 5.83. The SMILES string of the molecule is CCO.COc1ccc(F)cc1CCn1c(=O)n(C(C)(C)C(=O)O)c(=O)c2c(C)c(-n3cccn3)sc21. The fourth-order valence-electron chi connectivity index (χ4n) is 3.90. The minimum atomic E-state index is -1.79. The van der Waals surface area contributed by atoms with Gasteiger partial charge >= 0.3 is 11.7 Å². The molecule has 0 unspecified atom stereocenters. The van der Waals surface area contributed by atoms with E-state index in [2.05, 4.69) is 5.10 Å². The lowest BCUT2D eigenvalue weighted by Gasteiger charge is -2.23. The molecule has 0 saturated carbocycles. The molecule has 10 nitrogen and oxygen atoms in total. The Balaban J connectivity index is 0.00000121. The summed E-state index contributed by atoms with van der Waals surface area (Å²) >= 11 is 1.21. The molecule has 1 aromatic carbocycles. The number of thiophene rings is 1. The number of aliphatic hydroxyl groups is 1. The van der Waals surface area contributed by atoms with Gasteiger partial charge in [0.15, 0.2) is 0 Å². The van der Waals surface area contributed by atoms with Crippen LogP contribution in [0.25, 0.3) is 15.2 Å². The molecule has 3 heterocycles. The van der Waals surface area contributed by atoms with Gasteiger partial charge in [0.25, 0.3) is 5.56 Å². The summed E-state index contributed by atoms with van der Waals surface area (Å²) in [5.41, 5.74) is -2.10. The number of aliphatic carboxylic acids is 1. The number of aromatic nitrogens is 4. The van der Waals surface area contributed by atoms with Crippen LogP contribution < -0.4 is 16.0 Å². The molecule has 0 amide bonds. The van der Waals surface area contributed by atoms with Gasteiger partial charge < -0.3 is 14.9 Å². The van der Waals surface area contributed by atoms with Crippen LogP contribution in [0, 0.1) is 12.7 Å². The zero-order chi connectivity index (χ0) is 27.5. The molecule has 198 valence electrons. The van der Waals surface area contributed by atoms with E-state index in [0.717, 1.165) is 4.57 Å². The quantitative estimate of drug-likeness (QED) is 0.374. The van der Waals surface area contributed by atoms with Crippen LogP contribution in [0.15, 0.2) is 46.2 Å². The normalized spacial score (nSPS) is 11.3. The Morgan fingerprint density at radius 1 is 1.27 bits per heavy atom. The van der Waals surface area contributed by atoms with Gasteiger partial charge in [-0.25, -0.2) is 23.2 Å². The maximum atomic E-state index is 13.9. The highest BCUT2D eigenvalue weighted by Gasteiger charge is 2.35. The monoisotopic (exact) mass is 532 g/mol. The molecule has 0 bridgehead atoms. The highest BCUT2D eigenvalue weighted by molar-refractivity contribution is 7.21. The minimum Gasteiger partial charge on any atom is -0.496 e. The molecule has 0 spiro atoms. The van der Waals surface area contributed by atoms with Crippen LogP contribution in [0.5, 0.6) is 5.75 Å². The second kappa shape index (κ2) is 11.1. The summed E-state index contributed by atoms with van der Waals surface area (Å²) in [5.74, 6) is -1.30. The van der Waals surface area contributed by atoms with Crippen LogP contribution in [0.2, 0.25) is 0 Å². The number of aryl methyl sites for hydroxylation is 3. The van der Waals surface area contributed by atoms with Crippen molar-refractivity contribution in [3.05, 3.63) is 74.4 Å². The molecular formula is C25H29FN4O6S. The molecule has 2 N–H and O–H groups in total. The van der Waals surface area contributed by atoms with Crippen LogP contribution in [0.3, 0.4) is 0 Å². The van der Waals surface area contributed by atoms with E-state index in [1.54, 1.807) is 37.0 Å². The van der Waals surface area contributed by atoms with E-state index in [0.29, 0.717) is 26.7 Å². The summed E-state index contributed by atoms with van der Waals surface area (Å²) in [7, 11) is 1.47. The lowest BCUT2D eigenvalue weighted by molar-refractivity contribution is -0.146. The average molecular weight is 533 g/mol. The summed E-state index contributed by atoms with van der Waals surface area (Å²) in [6.45, 7) is 6.35. The summed E-state index contributed by atoms with van der Waals surface area (Å²) in [5, 5.41) is 22.4. The highest BCUT2D eigenvalue weighted by Crippen LogP contribution is 2.31. The summed E-state index contributed by atoms with van der Waals surface area (Å²) in [6, 6.07) is 5.84. The van der Waals surface area contributed by atoms with Gasteiger partial charge in [-0.3, -0.25) is 9.36 Å². The van der Waals surface area contributed by atoms with E-state index in [4.69, 9.17) is 9.84 Å². The maximum Gasteiger partial charge on any atom is 0.333 e. The molecule has 0 atom stereocenters. The number of methoxy groups -OCH3 is 1. The molecule has 3 aromatic heterocycles. The van der Waals surface area contributed by atoms with E-state index in [9.17, 15) is 23.9 Å². The number of aliphatic hydroxyl groups excluding tert-OH is 1. The molecule has 0 saturated heterocycles. The smallest absolute Gasteiger partial charge is 0.333 e. The number of hydrogen-bond donors (Lipinski definition) is 2. The zero-order valence-electron chi connectivity index (χ0n) is 21.2. The number of carboxylic acids is 1. The lowest BCUT2D eigenvalue weighted by Crippen LogP contribution is -2.52. The fraction of sp³-hybridized carbons (Fsp3) is 0.360. The summed E-state index contributed by atoms with van der Waals surface area (Å²) in [6.07, 6.45) is 3.53. The first kappa shape index (κ1) is 27.8. The van der Waals surface area contributed by atoms with Crippen molar-refractivity contribution in [1.29, 1.82) is 0 Å². The molecule has 0 fully saturated rings. The van der Waals surface area contributed by atoms with Crippen molar-refractivity contribution in [2.75, 3.05) is 13.7 Å². The fourth-order valence-corrected chi connectivity index (χ4v) is 5.16. The van der Waals surface area contributed by atoms with Crippen LogP contribution in [0.1, 0.15) is 31.9 Å². The zero-order valence-corrected chi connectivity index (χ0v) is 22.0. The topological polar surface area (TPSA) is 129 Å². The molecule has 0 aliphatic rings. The lowest BCUT2D eigenvalue weighted by atomic mass is 10.1. The molecule has 0 aliphatic heterocycles. The Labute approximate surface area is 215 Å². The highest BCUT2D eigenvalue weighted by atomic mass is 32.1. The number of nitrogens with zero attached hydrogens (tertiary/aromatic N) is 4. The molecule has 12 heteroatoms. The number of rotatable bonds is 7. The van der Waals surface area contributed by atoms with Crippen LogP contribution in [0.4, 0.5) is 4.39 Å². The van der Waals surface area contributed by atoms with E-state index >= 15 is 0 Å². The van der Waals surface area contributed by atoms with Gasteiger partial charge in [0, 0.05) is 31.1 Å². The number of hydrogen-bond acceptors (Lipinski definition) is 7. The number of benzene rings is 1. The van der Waals surface area contributed by atoms with Crippen molar-refractivity contribution in [3.8, 4) is 10.8 Å². The minimum absolute atomic E-state index is 0.0730. The van der Waals surface area contributed by atoms with Gasteiger partial charge in [0.1, 0.15) is 26.9 Å². The first-order valence-corrected chi connectivity index (χ1v) is 12.3. The molecule has 37 heavy (non-hydrogen) atoms. The molecule has 0 radical (unpaired) electrons. The summed E-state index contributed by atoms with van der Waals surface area (Å²) < 4.78 is 22.9. The first-order chi connectivity index (χ1) is 17.5. The van der Waals surface area contributed by atoms with Crippen molar-refractivity contribution >= 4 is 27.5 Å². The average Bonchev–Trinajstić information content (AvgIpc) is 3.47. The van der Waals surface area contributed by atoms with Crippen molar-refractivity contribution in [2.24, 2.45) is 0 Å². The number of carboxylic acid groups (broad SMARTS) is 1. The van der Waals surface area contributed by atoms with Crippen LogP contribution in [-0.2, 0) is 23.3 Å². The van der Waals surface area contributed by atoms with E-state index in [1.165, 1.54) is 55.1 Å². The van der Waals surface area contributed by atoms with Gasteiger partial charge in [-0.15, -0.1) is 0 Å². The summed E-state index contributed by atoms with van der Waals surface area (Å²) in [4.78, 5) is 39.4. The predicted octanol–water partition coefficient (Wildman–Crippen LogP) is 2.93. The molecular weight excluding hydrogens is 503 g/mol. The van der Waals surface area contributed by atoms with Crippen molar-refractivity contribution < 1.29 is 24.1 Å². The third-order valence-corrected chi connectivity index (χ3v) is 7.13. The Morgan fingerprint density at radius 3 is 2.51 bits per heavy atom. The van der Waals surface area contributed by atoms with Gasteiger partial charge in [-0.1, -0.05) is 11.3 Å². The van der Waals surface area contributed by atoms with Crippen LogP contribution in [-0.4, -0.2) is 48.8 Å². The van der Waals surface area contributed by atoms with Gasteiger partial charge in [-0.05, 0) is 63.9 Å². The van der Waals surface area contributed by atoms with E-state index < -0.39 is 28.6 Å². The Kier molecular flexibility index (Phi) is 8.34. The Hall–Kier alpha value is -3.77. The standard InChI is InChI=1S/C23H23FN4O5S.C2H6O/c1-13-17-18(29)28(23(2,3)21(30)31)22(32)26(20(17)34-19(13)27-10-5-9-25-27)11-8-14-12-15(24)6-7-16(14)33-4;1-2-3/h5-7,9-10,12H,8,11H2,1-4H3,(H,30,31);3H,2H2,1H3. The number of fused-ring (bicyclic) bond motifs is 1. The third kappa shape index (κ3) is 5.20. The van der Waals surface area contributed by atoms with E-state index in [1.807, 2.05) is 0 Å². The molecule has 4 aromatic rings. The number of halogens is 1. The van der Waals surface area contributed by atoms with Crippen LogP contribution >= 0.6 is 11.3 Å². The second-order valence-corrected chi connectivity index (χ2v) is 9.60. The van der Waals surface area contributed by atoms with E-state index in [-0.39, 0.29) is 25.0 Å². The molecule has 0 aliphatic carbocycles. The second-order valence-electron chi connectivity index (χ2n) is 8.62. The molecule has 4 rings (SSSR count). The largest absolute Gasteiger partial charge is 0.496 e. The van der Waals surface area contributed by atoms with Crippen molar-refractivity contribution in [1.82, 2.24) is 18.9 Å². The first-order valence-electron chi connectivity index (χ1n) is 11.5. The predicted molar refractivity (Wildman–Crippen MR) is 139 cm³/mol. The van der Waals surface area contributed by atoms with Crippen molar-refractivity contribution in [3.63, 3.8) is 0 Å². The maximum absolute atomic E-state index is 13.9. The van der Waals surface area contributed by atoms with Gasteiger partial charge in [0.05, 0.1) is 12.5 Å². The van der Waals surface area contributed by atoms with Gasteiger partial charge in [-0.2, -0.15) is 5.10 Å². The Morgan fingerprint density at radius 2 is 1.95 bits per heavy atom. The number of carbonyl (C=O) groups is 1. The number of ether oxygens (including phenoxy) is 1. The Bertz CT molecular complexity index is 1540. The van der Waals surface area contributed by atoms with Gasteiger partial charge in [0.2, 0.25) is 0 Å².